The third-order valence-corrected chi connectivity index (χ3v) is 3.38. The first kappa shape index (κ1) is 16.2. The van der Waals surface area contributed by atoms with Crippen LogP contribution in [0.1, 0.15) is 6.92 Å². The molecule has 0 aliphatic heterocycles. The summed E-state index contributed by atoms with van der Waals surface area (Å²) in [5.74, 6) is 0.650. The molecule has 0 aliphatic carbocycles. The van der Waals surface area contributed by atoms with Gasteiger partial charge < -0.3 is 14.4 Å². The van der Waals surface area contributed by atoms with Gasteiger partial charge in [0.05, 0.1) is 6.54 Å². The van der Waals surface area contributed by atoms with Crippen LogP contribution in [0.25, 0.3) is 0 Å². The average molecular weight is 320 g/mol. The lowest BCUT2D eigenvalue weighted by atomic mass is 10.3. The van der Waals surface area contributed by atoms with E-state index in [1.165, 1.54) is 0 Å². The molecule has 0 saturated carbocycles. The van der Waals surface area contributed by atoms with Crippen molar-refractivity contribution >= 4 is 23.8 Å². The minimum Gasteiger partial charge on any atom is -0.453 e. The van der Waals surface area contributed by atoms with Gasteiger partial charge in [-0.2, -0.15) is 0 Å². The molecule has 2 rings (SSSR count). The van der Waals surface area contributed by atoms with Crippen LogP contribution in [0.2, 0.25) is 5.02 Å². The van der Waals surface area contributed by atoms with Crippen molar-refractivity contribution in [3.63, 3.8) is 0 Å². The number of para-hydroxylation sites is 1. The predicted octanol–water partition coefficient (Wildman–Crippen LogP) is 3.74. The van der Waals surface area contributed by atoms with E-state index >= 15 is 0 Å². The van der Waals surface area contributed by atoms with Gasteiger partial charge >= 0.3 is 0 Å². The summed E-state index contributed by atoms with van der Waals surface area (Å²) in [7, 11) is 0. The van der Waals surface area contributed by atoms with Crippen LogP contribution in [-0.4, -0.2) is 25.9 Å². The highest BCUT2D eigenvalue weighted by Crippen LogP contribution is 2.20. The molecule has 0 aromatic heterocycles. The summed E-state index contributed by atoms with van der Waals surface area (Å²) < 4.78 is 10.8. The number of rotatable bonds is 8. The van der Waals surface area contributed by atoms with Gasteiger partial charge in [-0.15, -0.1) is 0 Å². The third-order valence-electron chi connectivity index (χ3n) is 3.14. The summed E-state index contributed by atoms with van der Waals surface area (Å²) in [5, 5.41) is 0.660. The number of ether oxygens (including phenoxy) is 2. The van der Waals surface area contributed by atoms with Crippen molar-refractivity contribution in [1.29, 1.82) is 0 Å². The lowest BCUT2D eigenvalue weighted by Crippen LogP contribution is -2.37. The van der Waals surface area contributed by atoms with E-state index in [1.54, 1.807) is 0 Å². The maximum Gasteiger partial charge on any atom is 0.296 e. The largest absolute Gasteiger partial charge is 0.453 e. The molecule has 0 fully saturated rings. The summed E-state index contributed by atoms with van der Waals surface area (Å²) >= 11 is 6.03. The van der Waals surface area contributed by atoms with E-state index in [2.05, 4.69) is 0 Å². The zero-order valence-corrected chi connectivity index (χ0v) is 13.1. The van der Waals surface area contributed by atoms with E-state index in [0.29, 0.717) is 23.8 Å². The summed E-state index contributed by atoms with van der Waals surface area (Å²) in [6.45, 7) is 3.56. The normalized spacial score (nSPS) is 11.5. The van der Waals surface area contributed by atoms with Gasteiger partial charge in [0, 0.05) is 17.3 Å². The van der Waals surface area contributed by atoms with E-state index in [0.717, 1.165) is 12.2 Å². The summed E-state index contributed by atoms with van der Waals surface area (Å²) in [4.78, 5) is 12.8. The molecule has 0 N–H and O–H groups in total. The van der Waals surface area contributed by atoms with E-state index < -0.39 is 6.29 Å². The average Bonchev–Trinajstić information content (AvgIpc) is 2.53. The number of carbonyl (C=O) groups is 1. The number of benzene rings is 2. The first-order valence-corrected chi connectivity index (χ1v) is 7.42. The quantitative estimate of drug-likeness (QED) is 0.549. The highest BCUT2D eigenvalue weighted by Gasteiger charge is 2.16. The Morgan fingerprint density at radius 3 is 2.59 bits per heavy atom. The molecule has 0 heterocycles. The molecule has 22 heavy (non-hydrogen) atoms. The molecule has 0 saturated heterocycles. The molecule has 5 heteroatoms. The molecular formula is C17H18ClNO3. The molecule has 2 aromatic carbocycles. The van der Waals surface area contributed by atoms with Crippen LogP contribution in [0.3, 0.4) is 0 Å². The lowest BCUT2D eigenvalue weighted by molar-refractivity contribution is -0.146. The second-order valence-electron chi connectivity index (χ2n) is 4.61. The first-order chi connectivity index (χ1) is 10.7. The molecule has 0 radical (unpaired) electrons. The fourth-order valence-electron chi connectivity index (χ4n) is 2.09. The Kier molecular flexibility index (Phi) is 6.10. The Labute approximate surface area is 135 Å². The van der Waals surface area contributed by atoms with Gasteiger partial charge in [0.15, 0.2) is 0 Å². The zero-order chi connectivity index (χ0) is 15.8. The second kappa shape index (κ2) is 8.29. The highest BCUT2D eigenvalue weighted by atomic mass is 35.5. The smallest absolute Gasteiger partial charge is 0.296 e. The van der Waals surface area contributed by atoms with E-state index in [4.69, 9.17) is 21.1 Å². The van der Waals surface area contributed by atoms with Crippen molar-refractivity contribution in [2.24, 2.45) is 0 Å². The van der Waals surface area contributed by atoms with Gasteiger partial charge in [-0.05, 0) is 37.3 Å². The van der Waals surface area contributed by atoms with E-state index in [9.17, 15) is 4.79 Å². The van der Waals surface area contributed by atoms with Crippen LogP contribution in [0, 0.1) is 0 Å². The van der Waals surface area contributed by atoms with Crippen molar-refractivity contribution < 1.29 is 14.3 Å². The Morgan fingerprint density at radius 2 is 1.95 bits per heavy atom. The fourth-order valence-corrected chi connectivity index (χ4v) is 2.28. The molecule has 2 aromatic rings. The van der Waals surface area contributed by atoms with Crippen LogP contribution in [0.5, 0.6) is 5.75 Å². The molecule has 116 valence electrons. The topological polar surface area (TPSA) is 38.8 Å². The van der Waals surface area contributed by atoms with E-state index in [1.807, 2.05) is 66.4 Å². The molecule has 4 nitrogen and oxygen atoms in total. The summed E-state index contributed by atoms with van der Waals surface area (Å²) in [6.07, 6.45) is -0.696. The maximum atomic E-state index is 10.7. The number of carbonyl (C=O) groups excluding carboxylic acids is 1. The molecule has 1 unspecified atom stereocenters. The third kappa shape index (κ3) is 4.67. The van der Waals surface area contributed by atoms with Crippen LogP contribution in [0.15, 0.2) is 54.6 Å². The SMILES string of the molecule is CCN(CC(OC=O)Oc1ccccc1)c1cccc(Cl)c1. The Morgan fingerprint density at radius 1 is 1.18 bits per heavy atom. The first-order valence-electron chi connectivity index (χ1n) is 7.04. The minimum atomic E-state index is -0.696. The molecular weight excluding hydrogens is 302 g/mol. The molecule has 0 amide bonds. The highest BCUT2D eigenvalue weighted by molar-refractivity contribution is 6.30. The van der Waals surface area contributed by atoms with Crippen molar-refractivity contribution in [3.8, 4) is 5.75 Å². The van der Waals surface area contributed by atoms with Crippen LogP contribution < -0.4 is 9.64 Å². The number of likely N-dealkylation sites (N-methyl/N-ethyl adjacent to an activating group) is 1. The fraction of sp³-hybridized carbons (Fsp3) is 0.235. The van der Waals surface area contributed by atoms with Crippen LogP contribution in [0.4, 0.5) is 5.69 Å². The number of anilines is 1. The predicted molar refractivity (Wildman–Crippen MR) is 87.3 cm³/mol. The Hall–Kier alpha value is -2.20. The van der Waals surface area contributed by atoms with Crippen molar-refractivity contribution in [1.82, 2.24) is 0 Å². The Balaban J connectivity index is 2.09. The Bertz CT molecular complexity index is 591. The van der Waals surface area contributed by atoms with Gasteiger partial charge in [0.1, 0.15) is 5.75 Å². The summed E-state index contributed by atoms with van der Waals surface area (Å²) in [6, 6.07) is 16.8. The van der Waals surface area contributed by atoms with Gasteiger partial charge in [-0.25, -0.2) is 0 Å². The summed E-state index contributed by atoms with van der Waals surface area (Å²) in [5.41, 5.74) is 0.950. The van der Waals surface area contributed by atoms with Crippen molar-refractivity contribution in [2.75, 3.05) is 18.0 Å². The lowest BCUT2D eigenvalue weighted by Gasteiger charge is -2.27. The number of hydrogen-bond donors (Lipinski definition) is 0. The van der Waals surface area contributed by atoms with Crippen molar-refractivity contribution in [3.05, 3.63) is 59.6 Å². The van der Waals surface area contributed by atoms with Crippen molar-refractivity contribution in [2.45, 2.75) is 13.2 Å². The molecule has 0 aliphatic rings. The number of nitrogens with zero attached hydrogens (tertiary/aromatic N) is 1. The van der Waals surface area contributed by atoms with Gasteiger partial charge in [-0.3, -0.25) is 4.79 Å². The zero-order valence-electron chi connectivity index (χ0n) is 12.3. The standard InChI is InChI=1S/C17H18ClNO3/c1-2-19(15-8-6-7-14(18)11-15)12-17(21-13-20)22-16-9-4-3-5-10-16/h3-11,13,17H,2,12H2,1H3. The number of halogens is 1. The number of hydrogen-bond acceptors (Lipinski definition) is 4. The maximum absolute atomic E-state index is 10.7. The van der Waals surface area contributed by atoms with Crippen LogP contribution >= 0.6 is 11.6 Å². The van der Waals surface area contributed by atoms with Crippen LogP contribution in [-0.2, 0) is 9.53 Å². The molecule has 1 atom stereocenters. The second-order valence-corrected chi connectivity index (χ2v) is 5.05. The van der Waals surface area contributed by atoms with Gasteiger partial charge in [-0.1, -0.05) is 35.9 Å². The monoisotopic (exact) mass is 319 g/mol. The van der Waals surface area contributed by atoms with Gasteiger partial charge in [0.2, 0.25) is 0 Å². The minimum absolute atomic E-state index is 0.402. The van der Waals surface area contributed by atoms with Gasteiger partial charge in [0.25, 0.3) is 12.8 Å². The molecule has 0 spiro atoms. The van der Waals surface area contributed by atoms with E-state index in [-0.39, 0.29) is 0 Å². The molecule has 0 bridgehead atoms.